The Morgan fingerprint density at radius 2 is 2.00 bits per heavy atom. The summed E-state index contributed by atoms with van der Waals surface area (Å²) >= 11 is 0. The van der Waals surface area contributed by atoms with Crippen LogP contribution in [-0.4, -0.2) is 12.6 Å². The smallest absolute Gasteiger partial charge is 0.417 e. The third kappa shape index (κ3) is 3.04. The van der Waals surface area contributed by atoms with Crippen LogP contribution in [0.25, 0.3) is 0 Å². The average molecular weight is 293 g/mol. The molecule has 0 aliphatic rings. The maximum absolute atomic E-state index is 12.8. The molecule has 108 valence electrons. The zero-order valence-corrected chi connectivity index (χ0v) is 10.1. The van der Waals surface area contributed by atoms with Gasteiger partial charge in [0, 0.05) is 5.56 Å². The molecule has 8 heteroatoms. The number of halogens is 5. The summed E-state index contributed by atoms with van der Waals surface area (Å²) in [5, 5.41) is 8.78. The molecule has 3 nitrogen and oxygen atoms in total. The van der Waals surface area contributed by atoms with Crippen molar-refractivity contribution >= 4 is 5.97 Å². The number of nitriles is 1. The van der Waals surface area contributed by atoms with Gasteiger partial charge in [-0.1, -0.05) is 6.07 Å². The van der Waals surface area contributed by atoms with Crippen molar-refractivity contribution in [3.05, 3.63) is 34.4 Å². The Labute approximate surface area is 110 Å². The molecule has 0 fully saturated rings. The van der Waals surface area contributed by atoms with Crippen LogP contribution in [-0.2, 0) is 10.9 Å². The van der Waals surface area contributed by atoms with Crippen LogP contribution in [0.2, 0.25) is 0 Å². The van der Waals surface area contributed by atoms with E-state index in [0.29, 0.717) is 12.1 Å². The van der Waals surface area contributed by atoms with Gasteiger partial charge in [-0.2, -0.15) is 18.4 Å². The monoisotopic (exact) mass is 293 g/mol. The van der Waals surface area contributed by atoms with Gasteiger partial charge in [-0.05, 0) is 13.0 Å². The van der Waals surface area contributed by atoms with E-state index in [1.165, 1.54) is 6.92 Å². The number of nitrogens with zero attached hydrogens (tertiary/aromatic N) is 1. The van der Waals surface area contributed by atoms with Crippen molar-refractivity contribution in [1.82, 2.24) is 0 Å². The number of rotatable bonds is 3. The van der Waals surface area contributed by atoms with Crippen LogP contribution in [0.4, 0.5) is 22.0 Å². The Bertz CT molecular complexity index is 560. The lowest BCUT2D eigenvalue weighted by Crippen LogP contribution is -2.16. The van der Waals surface area contributed by atoms with Gasteiger partial charge in [0.15, 0.2) is 0 Å². The number of esters is 1. The molecular weight excluding hydrogens is 285 g/mol. The fourth-order valence-corrected chi connectivity index (χ4v) is 1.58. The van der Waals surface area contributed by atoms with Crippen LogP contribution >= 0.6 is 0 Å². The second kappa shape index (κ2) is 5.86. The molecule has 0 spiro atoms. The first-order valence-corrected chi connectivity index (χ1v) is 5.33. The van der Waals surface area contributed by atoms with Crippen LogP contribution in [0.15, 0.2) is 12.1 Å². The normalized spacial score (nSPS) is 11.3. The molecule has 0 aliphatic carbocycles. The lowest BCUT2D eigenvalue weighted by atomic mass is 9.96. The zero-order valence-electron chi connectivity index (χ0n) is 10.1. The number of alkyl halides is 5. The number of benzene rings is 1. The minimum absolute atomic E-state index is 0.220. The van der Waals surface area contributed by atoms with Gasteiger partial charge in [0.1, 0.15) is 6.07 Å². The Hall–Kier alpha value is -2.17. The van der Waals surface area contributed by atoms with Crippen LogP contribution in [0, 0.1) is 11.3 Å². The summed E-state index contributed by atoms with van der Waals surface area (Å²) in [5.41, 5.74) is -4.62. The second-order valence-corrected chi connectivity index (χ2v) is 3.58. The number of hydrogen-bond donors (Lipinski definition) is 0. The second-order valence-electron chi connectivity index (χ2n) is 3.58. The van der Waals surface area contributed by atoms with Crippen molar-refractivity contribution in [3.8, 4) is 6.07 Å². The van der Waals surface area contributed by atoms with E-state index in [-0.39, 0.29) is 6.61 Å². The van der Waals surface area contributed by atoms with E-state index in [2.05, 4.69) is 4.74 Å². The third-order valence-corrected chi connectivity index (χ3v) is 2.37. The quantitative estimate of drug-likeness (QED) is 0.631. The summed E-state index contributed by atoms with van der Waals surface area (Å²) in [6, 6.07) is 1.97. The molecule has 1 rings (SSSR count). The highest BCUT2D eigenvalue weighted by Gasteiger charge is 2.37. The van der Waals surface area contributed by atoms with Gasteiger partial charge in [0.2, 0.25) is 0 Å². The highest BCUT2D eigenvalue weighted by molar-refractivity contribution is 5.94. The lowest BCUT2D eigenvalue weighted by Gasteiger charge is -2.15. The van der Waals surface area contributed by atoms with Crippen molar-refractivity contribution in [1.29, 1.82) is 5.26 Å². The molecular formula is C12H8F5NO2. The first-order valence-electron chi connectivity index (χ1n) is 5.33. The predicted molar refractivity (Wildman–Crippen MR) is 57.1 cm³/mol. The Kier molecular flexibility index (Phi) is 4.65. The van der Waals surface area contributed by atoms with E-state index < -0.39 is 40.8 Å². The first kappa shape index (κ1) is 15.9. The van der Waals surface area contributed by atoms with E-state index in [1.807, 2.05) is 0 Å². The molecule has 0 aromatic heterocycles. The van der Waals surface area contributed by atoms with Crippen molar-refractivity contribution in [2.45, 2.75) is 19.5 Å². The maximum Gasteiger partial charge on any atom is 0.417 e. The third-order valence-electron chi connectivity index (χ3n) is 2.37. The van der Waals surface area contributed by atoms with E-state index >= 15 is 0 Å². The fraction of sp³-hybridized carbons (Fsp3) is 0.333. The van der Waals surface area contributed by atoms with E-state index in [1.54, 1.807) is 0 Å². The van der Waals surface area contributed by atoms with E-state index in [0.717, 1.165) is 6.07 Å². The Balaban J connectivity index is 3.65. The molecule has 0 aliphatic heterocycles. The van der Waals surface area contributed by atoms with Gasteiger partial charge in [-0.3, -0.25) is 0 Å². The van der Waals surface area contributed by atoms with Crippen LogP contribution < -0.4 is 0 Å². The highest BCUT2D eigenvalue weighted by atomic mass is 19.4. The van der Waals surface area contributed by atoms with Crippen LogP contribution in [0.1, 0.15) is 40.4 Å². The number of carbonyl (C=O) groups is 1. The summed E-state index contributed by atoms with van der Waals surface area (Å²) in [4.78, 5) is 11.6. The molecule has 0 saturated heterocycles. The Morgan fingerprint density at radius 1 is 1.40 bits per heavy atom. The summed E-state index contributed by atoms with van der Waals surface area (Å²) < 4.78 is 68.1. The van der Waals surface area contributed by atoms with Crippen molar-refractivity contribution < 1.29 is 31.5 Å². The van der Waals surface area contributed by atoms with Crippen molar-refractivity contribution in [2.24, 2.45) is 0 Å². The molecule has 0 amide bonds. The minimum Gasteiger partial charge on any atom is -0.462 e. The number of carbonyl (C=O) groups excluding carboxylic acids is 1. The standard InChI is InChI=1S/C12H8F5NO2/c1-2-20-11(19)9-6(10(13)14)3-4-8(7(9)5-18)12(15,16)17/h3-4,10H,2H2,1H3. The predicted octanol–water partition coefficient (Wildman–Crippen LogP) is 3.69. The van der Waals surface area contributed by atoms with Gasteiger partial charge in [-0.15, -0.1) is 0 Å². The molecule has 0 bridgehead atoms. The minimum atomic E-state index is -4.94. The summed E-state index contributed by atoms with van der Waals surface area (Å²) in [7, 11) is 0. The lowest BCUT2D eigenvalue weighted by molar-refractivity contribution is -0.137. The maximum atomic E-state index is 12.8. The van der Waals surface area contributed by atoms with Crippen molar-refractivity contribution in [3.63, 3.8) is 0 Å². The largest absolute Gasteiger partial charge is 0.462 e. The molecule has 1 aromatic rings. The average Bonchev–Trinajstić information content (AvgIpc) is 2.35. The van der Waals surface area contributed by atoms with Crippen LogP contribution in [0.3, 0.4) is 0 Å². The van der Waals surface area contributed by atoms with E-state index in [9.17, 15) is 26.7 Å². The summed E-state index contributed by atoms with van der Waals surface area (Å²) in [5.74, 6) is -1.38. The molecule has 0 atom stereocenters. The van der Waals surface area contributed by atoms with Gasteiger partial charge in [-0.25, -0.2) is 13.6 Å². The first-order chi connectivity index (χ1) is 9.23. The fourth-order valence-electron chi connectivity index (χ4n) is 1.58. The summed E-state index contributed by atoms with van der Waals surface area (Å²) in [6.07, 6.45) is -8.14. The number of hydrogen-bond acceptors (Lipinski definition) is 3. The van der Waals surface area contributed by atoms with E-state index in [4.69, 9.17) is 5.26 Å². The highest BCUT2D eigenvalue weighted by Crippen LogP contribution is 2.36. The molecule has 0 unspecified atom stereocenters. The molecule has 0 saturated carbocycles. The zero-order chi connectivity index (χ0) is 15.5. The SMILES string of the molecule is CCOC(=O)c1c(C(F)F)ccc(C(F)(F)F)c1C#N. The van der Waals surface area contributed by atoms with Gasteiger partial charge < -0.3 is 4.74 Å². The van der Waals surface area contributed by atoms with Gasteiger partial charge in [0.25, 0.3) is 6.43 Å². The Morgan fingerprint density at radius 3 is 2.40 bits per heavy atom. The molecule has 0 radical (unpaired) electrons. The molecule has 0 N–H and O–H groups in total. The number of ether oxygens (including phenoxy) is 1. The van der Waals surface area contributed by atoms with Crippen LogP contribution in [0.5, 0.6) is 0 Å². The summed E-state index contributed by atoms with van der Waals surface area (Å²) in [6.45, 7) is 1.14. The molecule has 20 heavy (non-hydrogen) atoms. The molecule has 1 aromatic carbocycles. The molecule has 0 heterocycles. The van der Waals surface area contributed by atoms with Gasteiger partial charge in [0.05, 0.1) is 23.3 Å². The topological polar surface area (TPSA) is 50.1 Å². The van der Waals surface area contributed by atoms with Gasteiger partial charge >= 0.3 is 12.1 Å². The van der Waals surface area contributed by atoms with Crippen molar-refractivity contribution in [2.75, 3.05) is 6.61 Å².